The zero-order valence-corrected chi connectivity index (χ0v) is 12.5. The summed E-state index contributed by atoms with van der Waals surface area (Å²) in [7, 11) is 0. The highest BCUT2D eigenvalue weighted by Crippen LogP contribution is 2.67. The van der Waals surface area contributed by atoms with Gasteiger partial charge in [0.1, 0.15) is 0 Å². The summed E-state index contributed by atoms with van der Waals surface area (Å²) in [5, 5.41) is 0. The number of fused-ring (bicyclic) bond motifs is 4. The van der Waals surface area contributed by atoms with E-state index in [1.807, 2.05) is 0 Å². The summed E-state index contributed by atoms with van der Waals surface area (Å²) < 4.78 is 0. The van der Waals surface area contributed by atoms with Crippen LogP contribution in [0.1, 0.15) is 62.5 Å². The van der Waals surface area contributed by atoms with Crippen molar-refractivity contribution in [3.63, 3.8) is 0 Å². The Hall–Kier alpha value is -0.780. The van der Waals surface area contributed by atoms with Gasteiger partial charge in [-0.2, -0.15) is 0 Å². The normalized spacial score (nSPS) is 45.4. The van der Waals surface area contributed by atoms with E-state index in [2.05, 4.69) is 24.3 Å². The third-order valence-electron chi connectivity index (χ3n) is 7.21. The van der Waals surface area contributed by atoms with Crippen molar-refractivity contribution in [1.82, 2.24) is 0 Å². The Labute approximate surface area is 123 Å². The van der Waals surface area contributed by atoms with Crippen molar-refractivity contribution < 1.29 is 0 Å². The van der Waals surface area contributed by atoms with Crippen LogP contribution in [0.4, 0.5) is 0 Å². The molecule has 1 aromatic rings. The van der Waals surface area contributed by atoms with Gasteiger partial charge >= 0.3 is 0 Å². The van der Waals surface area contributed by atoms with Crippen molar-refractivity contribution in [2.24, 2.45) is 22.7 Å². The molecule has 0 heteroatoms. The number of rotatable bonds is 0. The third-order valence-corrected chi connectivity index (χ3v) is 7.21. The van der Waals surface area contributed by atoms with Gasteiger partial charge in [-0.05, 0) is 98.0 Å². The topological polar surface area (TPSA) is 0 Å². The molecular weight excluding hydrogens is 240 g/mol. The van der Waals surface area contributed by atoms with E-state index >= 15 is 0 Å². The van der Waals surface area contributed by atoms with Crippen LogP contribution < -0.4 is 0 Å². The second-order valence-electron chi connectivity index (χ2n) is 8.78. The molecule has 0 aromatic heterocycles. The van der Waals surface area contributed by atoms with Crippen LogP contribution in [-0.4, -0.2) is 0 Å². The van der Waals surface area contributed by atoms with E-state index < -0.39 is 0 Å². The second kappa shape index (κ2) is 3.90. The molecule has 6 bridgehead atoms. The average Bonchev–Trinajstić information content (AvgIpc) is 2.44. The molecule has 7 rings (SSSR count). The zero-order valence-electron chi connectivity index (χ0n) is 12.5. The zero-order chi connectivity index (χ0) is 13.2. The van der Waals surface area contributed by atoms with Gasteiger partial charge in [-0.25, -0.2) is 0 Å². The van der Waals surface area contributed by atoms with E-state index in [-0.39, 0.29) is 0 Å². The maximum Gasteiger partial charge on any atom is -0.0274 e. The predicted octanol–water partition coefficient (Wildman–Crippen LogP) is 5.15. The van der Waals surface area contributed by atoms with Crippen LogP contribution in [0.15, 0.2) is 24.3 Å². The van der Waals surface area contributed by atoms with Gasteiger partial charge in [0.25, 0.3) is 0 Å². The maximum absolute atomic E-state index is 2.41. The molecule has 0 N–H and O–H groups in total. The lowest BCUT2D eigenvalue weighted by atomic mass is 9.42. The van der Waals surface area contributed by atoms with E-state index in [0.717, 1.165) is 22.7 Å². The van der Waals surface area contributed by atoms with E-state index in [9.17, 15) is 0 Å². The summed E-state index contributed by atoms with van der Waals surface area (Å²) in [6.07, 6.45) is 15.0. The molecule has 0 aliphatic heterocycles. The van der Waals surface area contributed by atoms with E-state index in [1.54, 1.807) is 49.7 Å². The molecule has 20 heavy (non-hydrogen) atoms. The molecule has 4 fully saturated rings. The molecule has 2 spiro atoms. The Kier molecular flexibility index (Phi) is 2.31. The van der Waals surface area contributed by atoms with Crippen molar-refractivity contribution in [1.29, 1.82) is 0 Å². The molecule has 1 aromatic carbocycles. The highest BCUT2D eigenvalue weighted by molar-refractivity contribution is 5.24. The smallest absolute Gasteiger partial charge is 0.0274 e. The average molecular weight is 266 g/mol. The molecule has 106 valence electrons. The summed E-state index contributed by atoms with van der Waals surface area (Å²) in [5.74, 6) is 2.18. The molecular formula is C20H26. The predicted molar refractivity (Wildman–Crippen MR) is 82.6 cm³/mol. The van der Waals surface area contributed by atoms with Gasteiger partial charge in [-0.1, -0.05) is 24.3 Å². The van der Waals surface area contributed by atoms with Gasteiger partial charge in [0.05, 0.1) is 0 Å². The fourth-order valence-corrected chi connectivity index (χ4v) is 6.93. The molecule has 0 saturated heterocycles. The minimum Gasteiger partial charge on any atom is -0.0588 e. The molecule has 0 heterocycles. The van der Waals surface area contributed by atoms with Crippen molar-refractivity contribution in [2.75, 3.05) is 0 Å². The molecule has 0 unspecified atom stereocenters. The molecule has 0 amide bonds. The Morgan fingerprint density at radius 3 is 1.60 bits per heavy atom. The number of benzene rings is 1. The summed E-state index contributed by atoms with van der Waals surface area (Å²) >= 11 is 0. The van der Waals surface area contributed by atoms with Crippen molar-refractivity contribution in [2.45, 2.75) is 64.2 Å². The van der Waals surface area contributed by atoms with Crippen molar-refractivity contribution >= 4 is 0 Å². The van der Waals surface area contributed by atoms with E-state index in [4.69, 9.17) is 0 Å². The highest BCUT2D eigenvalue weighted by Gasteiger charge is 2.56. The lowest BCUT2D eigenvalue weighted by Crippen LogP contribution is -2.52. The van der Waals surface area contributed by atoms with Crippen LogP contribution in [0, 0.1) is 22.7 Å². The van der Waals surface area contributed by atoms with Crippen LogP contribution in [-0.2, 0) is 12.8 Å². The van der Waals surface area contributed by atoms with Gasteiger partial charge in [-0.3, -0.25) is 0 Å². The fraction of sp³-hybridized carbons (Fsp3) is 0.700. The molecule has 0 nitrogen and oxygen atoms in total. The Balaban J connectivity index is 1.57. The van der Waals surface area contributed by atoms with Gasteiger partial charge < -0.3 is 0 Å². The van der Waals surface area contributed by atoms with Crippen LogP contribution >= 0.6 is 0 Å². The summed E-state index contributed by atoms with van der Waals surface area (Å²) in [6.45, 7) is 0. The van der Waals surface area contributed by atoms with Crippen LogP contribution in [0.2, 0.25) is 0 Å². The van der Waals surface area contributed by atoms with Crippen LogP contribution in [0.5, 0.6) is 0 Å². The van der Waals surface area contributed by atoms with Crippen LogP contribution in [0.25, 0.3) is 0 Å². The molecule has 0 atom stereocenters. The fourth-order valence-electron chi connectivity index (χ4n) is 6.93. The standard InChI is InChI=1S/C20H26/c1-2-16-4-3-15(1)5-7-19-10-17-9-18(11-19)13-20(12-17,14-19)8-6-16/h1-4,17-18H,5-14H2. The minimum atomic E-state index is 0.742. The lowest BCUT2D eigenvalue weighted by molar-refractivity contribution is -0.116. The molecule has 4 saturated carbocycles. The molecule has 6 aliphatic rings. The van der Waals surface area contributed by atoms with Gasteiger partial charge in [0.2, 0.25) is 0 Å². The number of aryl methyl sites for hydroxylation is 2. The summed E-state index contributed by atoms with van der Waals surface area (Å²) in [5.41, 5.74) is 4.65. The third kappa shape index (κ3) is 1.73. The Morgan fingerprint density at radius 2 is 1.15 bits per heavy atom. The van der Waals surface area contributed by atoms with E-state index in [1.165, 1.54) is 25.7 Å². The van der Waals surface area contributed by atoms with E-state index in [0.29, 0.717) is 0 Å². The number of hydrogen-bond donors (Lipinski definition) is 0. The Bertz CT molecular complexity index is 464. The lowest BCUT2D eigenvalue weighted by Gasteiger charge is -2.63. The van der Waals surface area contributed by atoms with Crippen molar-refractivity contribution in [3.05, 3.63) is 35.4 Å². The Morgan fingerprint density at radius 1 is 0.700 bits per heavy atom. The second-order valence-corrected chi connectivity index (χ2v) is 8.78. The van der Waals surface area contributed by atoms with Gasteiger partial charge in [0.15, 0.2) is 0 Å². The first kappa shape index (κ1) is 11.8. The first-order chi connectivity index (χ1) is 9.73. The summed E-state index contributed by atoms with van der Waals surface area (Å²) in [6, 6.07) is 9.63. The molecule has 6 aliphatic carbocycles. The largest absolute Gasteiger partial charge is 0.0588 e. The summed E-state index contributed by atoms with van der Waals surface area (Å²) in [4.78, 5) is 0. The van der Waals surface area contributed by atoms with Gasteiger partial charge in [0, 0.05) is 0 Å². The minimum absolute atomic E-state index is 0.742. The quantitative estimate of drug-likeness (QED) is 0.609. The maximum atomic E-state index is 2.41. The van der Waals surface area contributed by atoms with Crippen molar-refractivity contribution in [3.8, 4) is 0 Å². The SMILES string of the molecule is c1cc2ccc1CCC13CC4CC(C1)CC(CC2)(C4)C3. The first-order valence-corrected chi connectivity index (χ1v) is 8.81. The van der Waals surface area contributed by atoms with Gasteiger partial charge in [-0.15, -0.1) is 0 Å². The molecule has 0 radical (unpaired) electrons. The first-order valence-electron chi connectivity index (χ1n) is 8.81. The highest BCUT2D eigenvalue weighted by atomic mass is 14.6. The number of hydrogen-bond acceptors (Lipinski definition) is 0. The van der Waals surface area contributed by atoms with Crippen LogP contribution in [0.3, 0.4) is 0 Å². The monoisotopic (exact) mass is 266 g/mol.